The van der Waals surface area contributed by atoms with Crippen LogP contribution in [-0.4, -0.2) is 34.3 Å². The van der Waals surface area contributed by atoms with Crippen molar-refractivity contribution in [2.45, 2.75) is 24.3 Å². The van der Waals surface area contributed by atoms with Crippen LogP contribution in [0.5, 0.6) is 0 Å². The number of halogens is 2. The summed E-state index contributed by atoms with van der Waals surface area (Å²) in [6.45, 7) is 2.84. The summed E-state index contributed by atoms with van der Waals surface area (Å²) in [5.41, 5.74) is 0. The first-order chi connectivity index (χ1) is 8.58. The van der Waals surface area contributed by atoms with Gasteiger partial charge in [-0.2, -0.15) is 0 Å². The van der Waals surface area contributed by atoms with Gasteiger partial charge in [-0.05, 0) is 31.2 Å². The van der Waals surface area contributed by atoms with Crippen LogP contribution in [0.4, 0.5) is 0 Å². The van der Waals surface area contributed by atoms with Gasteiger partial charge in [0.25, 0.3) is 0 Å². The molecular formula is C12H17Cl2NO2S. The van der Waals surface area contributed by atoms with Crippen LogP contribution >= 0.6 is 23.2 Å². The summed E-state index contributed by atoms with van der Waals surface area (Å²) in [6.07, 6.45) is 0.584. The van der Waals surface area contributed by atoms with Gasteiger partial charge in [0.2, 0.25) is 0 Å². The molecule has 1 aromatic carbocycles. The molecule has 18 heavy (non-hydrogen) atoms. The highest BCUT2D eigenvalue weighted by atomic mass is 35.5. The van der Waals surface area contributed by atoms with Gasteiger partial charge in [-0.15, -0.1) is 0 Å². The number of benzene rings is 1. The van der Waals surface area contributed by atoms with E-state index in [4.69, 9.17) is 28.3 Å². The molecule has 0 saturated carbocycles. The second kappa shape index (κ2) is 8.12. The van der Waals surface area contributed by atoms with Crippen LogP contribution < -0.4 is 5.32 Å². The van der Waals surface area contributed by atoms with Crippen molar-refractivity contribution < 1.29 is 9.32 Å². The largest absolute Gasteiger partial charge is 0.396 e. The average Bonchev–Trinajstić information content (AvgIpc) is 2.33. The molecule has 0 amide bonds. The molecule has 0 heterocycles. The third-order valence-corrected chi connectivity index (χ3v) is 4.70. The molecule has 0 aromatic heterocycles. The second-order valence-electron chi connectivity index (χ2n) is 3.85. The van der Waals surface area contributed by atoms with Crippen molar-refractivity contribution in [1.82, 2.24) is 5.32 Å². The minimum atomic E-state index is -1.15. The van der Waals surface area contributed by atoms with Gasteiger partial charge in [0.1, 0.15) is 0 Å². The van der Waals surface area contributed by atoms with Crippen LogP contribution in [0.3, 0.4) is 0 Å². The highest BCUT2D eigenvalue weighted by Gasteiger charge is 2.13. The van der Waals surface area contributed by atoms with E-state index in [1.54, 1.807) is 18.2 Å². The molecule has 0 spiro atoms. The van der Waals surface area contributed by atoms with E-state index in [0.717, 1.165) is 6.54 Å². The molecule has 0 radical (unpaired) electrons. The molecular weight excluding hydrogens is 293 g/mol. The number of aliphatic hydroxyl groups is 1. The van der Waals surface area contributed by atoms with Crippen molar-refractivity contribution >= 4 is 34.0 Å². The van der Waals surface area contributed by atoms with Gasteiger partial charge < -0.3 is 10.4 Å². The Balaban J connectivity index is 2.70. The van der Waals surface area contributed by atoms with Gasteiger partial charge in [-0.3, -0.25) is 4.21 Å². The summed E-state index contributed by atoms with van der Waals surface area (Å²) < 4.78 is 12.2. The summed E-state index contributed by atoms with van der Waals surface area (Å²) in [6, 6.07) is 5.02. The predicted octanol–water partition coefficient (Wildman–Crippen LogP) is 2.46. The van der Waals surface area contributed by atoms with Crippen molar-refractivity contribution in [3.63, 3.8) is 0 Å². The van der Waals surface area contributed by atoms with Gasteiger partial charge in [0, 0.05) is 23.3 Å². The first kappa shape index (κ1) is 15.9. The van der Waals surface area contributed by atoms with E-state index >= 15 is 0 Å². The van der Waals surface area contributed by atoms with Crippen LogP contribution in [0.15, 0.2) is 23.1 Å². The Morgan fingerprint density at radius 1 is 1.39 bits per heavy atom. The fourth-order valence-electron chi connectivity index (χ4n) is 1.59. The van der Waals surface area contributed by atoms with E-state index in [0.29, 0.717) is 27.1 Å². The lowest BCUT2D eigenvalue weighted by molar-refractivity contribution is 0.270. The van der Waals surface area contributed by atoms with E-state index in [1.807, 2.05) is 6.92 Å². The van der Waals surface area contributed by atoms with Crippen LogP contribution in [0.1, 0.15) is 13.3 Å². The van der Waals surface area contributed by atoms with E-state index in [2.05, 4.69) is 5.32 Å². The van der Waals surface area contributed by atoms with Crippen LogP contribution in [0.25, 0.3) is 0 Å². The molecule has 0 aliphatic heterocycles. The SMILES string of the molecule is CCNC(CCO)CS(=O)c1ccc(Cl)c(Cl)c1. The molecule has 1 rings (SSSR count). The third-order valence-electron chi connectivity index (χ3n) is 2.48. The Kier molecular flexibility index (Phi) is 7.19. The maximum atomic E-state index is 12.2. The standard InChI is InChI=1S/C12H17Cl2NO2S/c1-2-15-9(5-6-16)8-18(17)10-3-4-11(13)12(14)7-10/h3-4,7,9,15-16H,2,5-6,8H2,1H3. The average molecular weight is 310 g/mol. The first-order valence-corrected chi connectivity index (χ1v) is 7.83. The lowest BCUT2D eigenvalue weighted by atomic mass is 10.2. The minimum absolute atomic E-state index is 0.0373. The first-order valence-electron chi connectivity index (χ1n) is 5.76. The summed E-state index contributed by atoms with van der Waals surface area (Å²) in [7, 11) is -1.15. The highest BCUT2D eigenvalue weighted by molar-refractivity contribution is 7.85. The maximum Gasteiger partial charge on any atom is 0.0604 e. The lowest BCUT2D eigenvalue weighted by Crippen LogP contribution is -2.34. The molecule has 2 unspecified atom stereocenters. The van der Waals surface area contributed by atoms with Gasteiger partial charge in [0.15, 0.2) is 0 Å². The van der Waals surface area contributed by atoms with Gasteiger partial charge in [-0.25, -0.2) is 0 Å². The monoisotopic (exact) mass is 309 g/mol. The molecule has 1 aromatic rings. The number of nitrogens with one attached hydrogen (secondary N) is 1. The maximum absolute atomic E-state index is 12.2. The molecule has 0 aliphatic rings. The zero-order valence-corrected chi connectivity index (χ0v) is 12.5. The molecule has 0 bridgehead atoms. The second-order valence-corrected chi connectivity index (χ2v) is 6.17. The lowest BCUT2D eigenvalue weighted by Gasteiger charge is -2.16. The number of hydrogen-bond donors (Lipinski definition) is 2. The zero-order chi connectivity index (χ0) is 13.5. The Labute approximate surface area is 120 Å². The van der Waals surface area contributed by atoms with Gasteiger partial charge in [0.05, 0.1) is 20.8 Å². The quantitative estimate of drug-likeness (QED) is 0.813. The minimum Gasteiger partial charge on any atom is -0.396 e. The topological polar surface area (TPSA) is 49.3 Å². The number of aliphatic hydroxyl groups excluding tert-OH is 1. The normalized spacial score (nSPS) is 14.4. The highest BCUT2D eigenvalue weighted by Crippen LogP contribution is 2.24. The fraction of sp³-hybridized carbons (Fsp3) is 0.500. The van der Waals surface area contributed by atoms with Crippen molar-refractivity contribution in [3.8, 4) is 0 Å². The molecule has 0 aliphatic carbocycles. The van der Waals surface area contributed by atoms with Crippen LogP contribution in [0, 0.1) is 0 Å². The molecule has 6 heteroatoms. The van der Waals surface area contributed by atoms with E-state index in [9.17, 15) is 4.21 Å². The third kappa shape index (κ3) is 4.86. The van der Waals surface area contributed by atoms with E-state index in [-0.39, 0.29) is 12.6 Å². The number of hydrogen-bond acceptors (Lipinski definition) is 3. The van der Waals surface area contributed by atoms with Crippen molar-refractivity contribution in [2.24, 2.45) is 0 Å². The molecule has 0 saturated heterocycles. The predicted molar refractivity (Wildman–Crippen MR) is 76.9 cm³/mol. The van der Waals surface area contributed by atoms with Crippen molar-refractivity contribution in [3.05, 3.63) is 28.2 Å². The zero-order valence-electron chi connectivity index (χ0n) is 10.2. The summed E-state index contributed by atoms with van der Waals surface area (Å²) in [5.74, 6) is 0.451. The molecule has 2 N–H and O–H groups in total. The van der Waals surface area contributed by atoms with Crippen molar-refractivity contribution in [2.75, 3.05) is 18.9 Å². The smallest absolute Gasteiger partial charge is 0.0604 e. The van der Waals surface area contributed by atoms with Crippen molar-refractivity contribution in [1.29, 1.82) is 0 Å². The molecule has 102 valence electrons. The summed E-state index contributed by atoms with van der Waals surface area (Å²) >= 11 is 11.7. The summed E-state index contributed by atoms with van der Waals surface area (Å²) in [5, 5.41) is 13.0. The Morgan fingerprint density at radius 2 is 2.11 bits per heavy atom. The Morgan fingerprint density at radius 3 is 2.67 bits per heavy atom. The summed E-state index contributed by atoms with van der Waals surface area (Å²) in [4.78, 5) is 0.658. The van der Waals surface area contributed by atoms with Crippen LogP contribution in [0.2, 0.25) is 10.0 Å². The molecule has 0 fully saturated rings. The Bertz CT molecular complexity index is 409. The van der Waals surface area contributed by atoms with Crippen LogP contribution in [-0.2, 0) is 10.8 Å². The Hall–Kier alpha value is -0.130. The number of rotatable bonds is 7. The van der Waals surface area contributed by atoms with E-state index in [1.165, 1.54) is 0 Å². The van der Waals surface area contributed by atoms with Gasteiger partial charge >= 0.3 is 0 Å². The van der Waals surface area contributed by atoms with Gasteiger partial charge in [-0.1, -0.05) is 30.1 Å². The van der Waals surface area contributed by atoms with E-state index < -0.39 is 10.8 Å². The molecule has 2 atom stereocenters. The molecule has 3 nitrogen and oxygen atoms in total. The fourth-order valence-corrected chi connectivity index (χ4v) is 3.26.